The van der Waals surface area contributed by atoms with Gasteiger partial charge in [0.25, 0.3) is 0 Å². The van der Waals surface area contributed by atoms with Crippen molar-refractivity contribution < 1.29 is 0 Å². The number of hydrogen-bond donors (Lipinski definition) is 2. The van der Waals surface area contributed by atoms with Crippen LogP contribution in [-0.4, -0.2) is 56.2 Å². The number of aromatic amines is 1. The third-order valence-electron chi connectivity index (χ3n) is 4.65. The molecule has 2 N–H and O–H groups in total. The molecule has 9 heteroatoms. The van der Waals surface area contributed by atoms with Crippen LogP contribution in [0, 0.1) is 13.8 Å². The number of nitrogens with zero attached hydrogens (tertiary/aromatic N) is 6. The van der Waals surface area contributed by atoms with Gasteiger partial charge in [0.05, 0.1) is 0 Å². The maximum Gasteiger partial charge on any atom is 0.227 e. The number of hydrogen-bond acceptors (Lipinski definition) is 7. The monoisotopic (exact) mass is 398 g/mol. The van der Waals surface area contributed by atoms with Crippen molar-refractivity contribution in [3.05, 3.63) is 52.6 Å². The highest BCUT2D eigenvalue weighted by molar-refractivity contribution is 6.29. The van der Waals surface area contributed by atoms with E-state index in [0.29, 0.717) is 5.15 Å². The van der Waals surface area contributed by atoms with Crippen molar-refractivity contribution in [2.24, 2.45) is 0 Å². The summed E-state index contributed by atoms with van der Waals surface area (Å²) < 4.78 is 0. The lowest BCUT2D eigenvalue weighted by Crippen LogP contribution is -2.46. The van der Waals surface area contributed by atoms with Gasteiger partial charge >= 0.3 is 0 Å². The lowest BCUT2D eigenvalue weighted by atomic mass is 10.2. The van der Waals surface area contributed by atoms with E-state index in [0.717, 1.165) is 61.7 Å². The van der Waals surface area contributed by atoms with Crippen molar-refractivity contribution in [2.75, 3.05) is 36.4 Å². The van der Waals surface area contributed by atoms with Gasteiger partial charge in [-0.3, -0.25) is 10.00 Å². The van der Waals surface area contributed by atoms with Crippen LogP contribution < -0.4 is 10.2 Å². The number of pyridine rings is 1. The minimum atomic E-state index is 0.527. The molecular weight excluding hydrogens is 376 g/mol. The molecule has 0 spiro atoms. The van der Waals surface area contributed by atoms with Gasteiger partial charge in [-0.25, -0.2) is 9.97 Å². The Balaban J connectivity index is 1.39. The fraction of sp³-hybridized carbons (Fsp3) is 0.368. The van der Waals surface area contributed by atoms with Crippen molar-refractivity contribution in [1.82, 2.24) is 30.0 Å². The first-order valence-electron chi connectivity index (χ1n) is 9.27. The molecule has 0 bridgehead atoms. The molecule has 8 nitrogen and oxygen atoms in total. The molecule has 0 atom stereocenters. The summed E-state index contributed by atoms with van der Waals surface area (Å²) in [5.74, 6) is 2.26. The molecular formula is C19H23ClN8. The van der Waals surface area contributed by atoms with Crippen LogP contribution >= 0.6 is 11.6 Å². The molecule has 0 unspecified atom stereocenters. The fourth-order valence-electron chi connectivity index (χ4n) is 3.24. The SMILES string of the molecule is Cc1cc(Nc2cc(C)[nH]n2)nc(N2CCN(Cc3ccc(Cl)nc3)CC2)n1. The Hall–Kier alpha value is -2.71. The predicted molar refractivity (Wildman–Crippen MR) is 110 cm³/mol. The van der Waals surface area contributed by atoms with Crippen LogP contribution in [0.3, 0.4) is 0 Å². The van der Waals surface area contributed by atoms with Crippen LogP contribution in [0.2, 0.25) is 5.15 Å². The molecule has 1 aliphatic rings. The average Bonchev–Trinajstić information content (AvgIpc) is 3.08. The number of anilines is 3. The smallest absolute Gasteiger partial charge is 0.227 e. The van der Waals surface area contributed by atoms with Crippen molar-refractivity contribution in [3.63, 3.8) is 0 Å². The molecule has 4 heterocycles. The molecule has 4 rings (SSSR count). The standard InChI is InChI=1S/C19H23ClN8/c1-13-9-17(23-18-10-14(2)25-26-18)24-19(22-13)28-7-5-27(6-8-28)12-15-3-4-16(20)21-11-15/h3-4,9-11H,5-8,12H2,1-2H3,(H2,22,23,24,25,26). The lowest BCUT2D eigenvalue weighted by Gasteiger charge is -2.34. The topological polar surface area (TPSA) is 85.9 Å². The van der Waals surface area contributed by atoms with Gasteiger partial charge in [-0.05, 0) is 25.5 Å². The van der Waals surface area contributed by atoms with Gasteiger partial charge in [-0.15, -0.1) is 0 Å². The zero-order valence-electron chi connectivity index (χ0n) is 16.0. The minimum absolute atomic E-state index is 0.527. The normalized spacial score (nSPS) is 15.0. The molecule has 3 aromatic rings. The second-order valence-corrected chi connectivity index (χ2v) is 7.40. The number of halogens is 1. The predicted octanol–water partition coefficient (Wildman–Crippen LogP) is 2.93. The first kappa shape index (κ1) is 18.6. The fourth-order valence-corrected chi connectivity index (χ4v) is 3.35. The van der Waals surface area contributed by atoms with Gasteiger partial charge in [0.2, 0.25) is 5.95 Å². The Kier molecular flexibility index (Phi) is 5.40. The molecule has 0 amide bonds. The third-order valence-corrected chi connectivity index (χ3v) is 4.88. The Morgan fingerprint density at radius 2 is 1.89 bits per heavy atom. The van der Waals surface area contributed by atoms with E-state index in [4.69, 9.17) is 11.6 Å². The number of aromatic nitrogens is 5. The Bertz CT molecular complexity index is 931. The molecule has 1 aliphatic heterocycles. The molecule has 0 aromatic carbocycles. The van der Waals surface area contributed by atoms with E-state index in [1.807, 2.05) is 44.3 Å². The summed E-state index contributed by atoms with van der Waals surface area (Å²) in [5, 5.41) is 10.9. The van der Waals surface area contributed by atoms with Gasteiger partial charge in [0, 0.05) is 62.4 Å². The highest BCUT2D eigenvalue weighted by atomic mass is 35.5. The Labute approximate surface area is 169 Å². The summed E-state index contributed by atoms with van der Waals surface area (Å²) >= 11 is 5.86. The van der Waals surface area contributed by atoms with Crippen molar-refractivity contribution in [2.45, 2.75) is 20.4 Å². The highest BCUT2D eigenvalue weighted by Crippen LogP contribution is 2.19. The summed E-state index contributed by atoms with van der Waals surface area (Å²) in [6.45, 7) is 8.47. The first-order valence-corrected chi connectivity index (χ1v) is 9.65. The maximum absolute atomic E-state index is 5.86. The van der Waals surface area contributed by atoms with Crippen molar-refractivity contribution in [1.29, 1.82) is 0 Å². The summed E-state index contributed by atoms with van der Waals surface area (Å²) in [4.78, 5) is 18.1. The van der Waals surface area contributed by atoms with E-state index in [1.165, 1.54) is 5.56 Å². The minimum Gasteiger partial charge on any atom is -0.338 e. The maximum atomic E-state index is 5.86. The van der Waals surface area contributed by atoms with Crippen molar-refractivity contribution >= 4 is 29.2 Å². The van der Waals surface area contributed by atoms with E-state index in [-0.39, 0.29) is 0 Å². The van der Waals surface area contributed by atoms with Crippen molar-refractivity contribution in [3.8, 4) is 0 Å². The van der Waals surface area contributed by atoms with Gasteiger partial charge in [0.1, 0.15) is 11.0 Å². The number of aryl methyl sites for hydroxylation is 2. The van der Waals surface area contributed by atoms with Gasteiger partial charge in [-0.1, -0.05) is 17.7 Å². The van der Waals surface area contributed by atoms with Crippen LogP contribution in [0.4, 0.5) is 17.6 Å². The zero-order chi connectivity index (χ0) is 19.5. The highest BCUT2D eigenvalue weighted by Gasteiger charge is 2.20. The second kappa shape index (κ2) is 8.12. The third kappa shape index (κ3) is 4.58. The molecule has 0 aliphatic carbocycles. The molecule has 1 fully saturated rings. The zero-order valence-corrected chi connectivity index (χ0v) is 16.7. The largest absolute Gasteiger partial charge is 0.338 e. The molecule has 146 valence electrons. The van der Waals surface area contributed by atoms with E-state index in [1.54, 1.807) is 0 Å². The number of H-pyrrole nitrogens is 1. The van der Waals surface area contributed by atoms with Gasteiger partial charge < -0.3 is 10.2 Å². The summed E-state index contributed by atoms with van der Waals surface area (Å²) in [7, 11) is 0. The first-order chi connectivity index (χ1) is 13.5. The van der Waals surface area contributed by atoms with E-state index >= 15 is 0 Å². The molecule has 3 aromatic heterocycles. The Morgan fingerprint density at radius 3 is 2.57 bits per heavy atom. The number of nitrogens with one attached hydrogen (secondary N) is 2. The summed E-state index contributed by atoms with van der Waals surface area (Å²) in [6.07, 6.45) is 1.84. The molecule has 1 saturated heterocycles. The molecule has 0 saturated carbocycles. The number of rotatable bonds is 5. The summed E-state index contributed by atoms with van der Waals surface area (Å²) in [6, 6.07) is 7.74. The van der Waals surface area contributed by atoms with Gasteiger partial charge in [0.15, 0.2) is 5.82 Å². The second-order valence-electron chi connectivity index (χ2n) is 7.01. The summed E-state index contributed by atoms with van der Waals surface area (Å²) in [5.41, 5.74) is 3.10. The van der Waals surface area contributed by atoms with Gasteiger partial charge in [-0.2, -0.15) is 10.1 Å². The lowest BCUT2D eigenvalue weighted by molar-refractivity contribution is 0.248. The molecule has 0 radical (unpaired) electrons. The van der Waals surface area contributed by atoms with E-state index < -0.39 is 0 Å². The quantitative estimate of drug-likeness (QED) is 0.639. The van der Waals surface area contributed by atoms with Crippen LogP contribution in [0.15, 0.2) is 30.5 Å². The van der Waals surface area contributed by atoms with Crippen LogP contribution in [0.1, 0.15) is 17.0 Å². The van der Waals surface area contributed by atoms with Crippen LogP contribution in [-0.2, 0) is 6.54 Å². The van der Waals surface area contributed by atoms with Crippen LogP contribution in [0.25, 0.3) is 0 Å². The average molecular weight is 399 g/mol. The molecule has 28 heavy (non-hydrogen) atoms. The van der Waals surface area contributed by atoms with Crippen LogP contribution in [0.5, 0.6) is 0 Å². The van der Waals surface area contributed by atoms with E-state index in [9.17, 15) is 0 Å². The van der Waals surface area contributed by atoms with E-state index in [2.05, 4.69) is 40.3 Å². The Morgan fingerprint density at radius 1 is 1.07 bits per heavy atom. The number of piperazine rings is 1.